The summed E-state index contributed by atoms with van der Waals surface area (Å²) in [4.78, 5) is 37.0. The van der Waals surface area contributed by atoms with Gasteiger partial charge in [-0.3, -0.25) is 14.4 Å². The van der Waals surface area contributed by atoms with Crippen LogP contribution >= 0.6 is 0 Å². The number of hydrogen-bond acceptors (Lipinski definition) is 6. The standard InChI is InChI=1S/C36H68O6/c1-6-8-9-14-23-28-36(39)42-33(29-40-34(37)26-21-17-12-10-15-19-24-31(3)4)30-41-35(38)27-22-18-13-11-16-20-25-32(5)7-2/h31-33H,6-30H2,1-5H3/t32?,33-/m1/s1. The monoisotopic (exact) mass is 597 g/mol. The van der Waals surface area contributed by atoms with Gasteiger partial charge in [-0.1, -0.05) is 144 Å². The molecule has 0 bridgehead atoms. The molecular formula is C36H68O6. The van der Waals surface area contributed by atoms with Gasteiger partial charge in [0.15, 0.2) is 6.10 Å². The van der Waals surface area contributed by atoms with Crippen LogP contribution in [-0.4, -0.2) is 37.2 Å². The summed E-state index contributed by atoms with van der Waals surface area (Å²) in [7, 11) is 0. The van der Waals surface area contributed by atoms with Crippen LogP contribution in [0.5, 0.6) is 0 Å². The van der Waals surface area contributed by atoms with Crippen molar-refractivity contribution in [1.29, 1.82) is 0 Å². The van der Waals surface area contributed by atoms with Crippen molar-refractivity contribution >= 4 is 17.9 Å². The van der Waals surface area contributed by atoms with Gasteiger partial charge in [-0.05, 0) is 31.1 Å². The van der Waals surface area contributed by atoms with Crippen molar-refractivity contribution < 1.29 is 28.6 Å². The second-order valence-electron chi connectivity index (χ2n) is 12.9. The predicted molar refractivity (Wildman–Crippen MR) is 173 cm³/mol. The molecule has 0 aliphatic heterocycles. The summed E-state index contributed by atoms with van der Waals surface area (Å²) in [5.74, 6) is 0.685. The summed E-state index contributed by atoms with van der Waals surface area (Å²) in [6, 6.07) is 0. The van der Waals surface area contributed by atoms with Crippen LogP contribution in [0.3, 0.4) is 0 Å². The molecule has 1 unspecified atom stereocenters. The molecule has 42 heavy (non-hydrogen) atoms. The van der Waals surface area contributed by atoms with Gasteiger partial charge in [-0.15, -0.1) is 0 Å². The Balaban J connectivity index is 4.31. The lowest BCUT2D eigenvalue weighted by atomic mass is 10.00. The van der Waals surface area contributed by atoms with Gasteiger partial charge in [0.2, 0.25) is 0 Å². The first-order valence-corrected chi connectivity index (χ1v) is 17.8. The Bertz CT molecular complexity index is 647. The maximum atomic E-state index is 12.4. The minimum atomic E-state index is -0.757. The van der Waals surface area contributed by atoms with Crippen LogP contribution in [0.2, 0.25) is 0 Å². The molecule has 0 saturated heterocycles. The van der Waals surface area contributed by atoms with Crippen molar-refractivity contribution in [2.75, 3.05) is 13.2 Å². The molecule has 0 saturated carbocycles. The molecule has 0 aliphatic rings. The molecule has 0 aromatic carbocycles. The number of carbonyl (C=O) groups excluding carboxylic acids is 3. The second-order valence-corrected chi connectivity index (χ2v) is 12.9. The van der Waals surface area contributed by atoms with Crippen molar-refractivity contribution in [1.82, 2.24) is 0 Å². The molecule has 0 rings (SSSR count). The average Bonchev–Trinajstić information content (AvgIpc) is 2.96. The highest BCUT2D eigenvalue weighted by Gasteiger charge is 2.19. The Morgan fingerprint density at radius 1 is 0.500 bits per heavy atom. The Labute approximate surface area is 259 Å². The van der Waals surface area contributed by atoms with E-state index in [4.69, 9.17) is 14.2 Å². The first-order chi connectivity index (χ1) is 20.3. The van der Waals surface area contributed by atoms with Gasteiger partial charge < -0.3 is 14.2 Å². The second kappa shape index (κ2) is 29.5. The third kappa shape index (κ3) is 28.5. The van der Waals surface area contributed by atoms with Gasteiger partial charge in [-0.25, -0.2) is 0 Å². The minimum absolute atomic E-state index is 0.0698. The fourth-order valence-corrected chi connectivity index (χ4v) is 4.95. The summed E-state index contributed by atoms with van der Waals surface area (Å²) >= 11 is 0. The zero-order valence-electron chi connectivity index (χ0n) is 28.4. The first kappa shape index (κ1) is 40.4. The smallest absolute Gasteiger partial charge is 0.306 e. The lowest BCUT2D eigenvalue weighted by Crippen LogP contribution is -2.30. The van der Waals surface area contributed by atoms with Crippen LogP contribution in [0.25, 0.3) is 0 Å². The van der Waals surface area contributed by atoms with Crippen LogP contribution in [0.4, 0.5) is 0 Å². The van der Waals surface area contributed by atoms with Crippen LogP contribution in [-0.2, 0) is 28.6 Å². The molecular weight excluding hydrogens is 528 g/mol. The maximum Gasteiger partial charge on any atom is 0.306 e. The third-order valence-corrected chi connectivity index (χ3v) is 8.08. The van der Waals surface area contributed by atoms with E-state index < -0.39 is 6.10 Å². The molecule has 0 aliphatic carbocycles. The van der Waals surface area contributed by atoms with Crippen molar-refractivity contribution in [3.63, 3.8) is 0 Å². The Morgan fingerprint density at radius 2 is 0.905 bits per heavy atom. The maximum absolute atomic E-state index is 12.4. The number of esters is 3. The van der Waals surface area contributed by atoms with Crippen LogP contribution in [0.15, 0.2) is 0 Å². The first-order valence-electron chi connectivity index (χ1n) is 17.8. The Kier molecular flexibility index (Phi) is 28.4. The summed E-state index contributed by atoms with van der Waals surface area (Å²) in [5, 5.41) is 0. The SMILES string of the molecule is CCCCCCCC(=O)O[C@H](COC(=O)CCCCCCCCC(C)C)COC(=O)CCCCCCCCC(C)CC. The minimum Gasteiger partial charge on any atom is -0.462 e. The molecule has 2 atom stereocenters. The van der Waals surface area contributed by atoms with Crippen LogP contribution < -0.4 is 0 Å². The average molecular weight is 597 g/mol. The summed E-state index contributed by atoms with van der Waals surface area (Å²) in [6.07, 6.45) is 22.8. The van der Waals surface area contributed by atoms with E-state index >= 15 is 0 Å². The zero-order chi connectivity index (χ0) is 31.3. The van der Waals surface area contributed by atoms with Gasteiger partial charge in [0, 0.05) is 19.3 Å². The number of carbonyl (C=O) groups is 3. The van der Waals surface area contributed by atoms with E-state index in [-0.39, 0.29) is 31.1 Å². The molecule has 6 heteroatoms. The summed E-state index contributed by atoms with van der Waals surface area (Å²) in [6.45, 7) is 11.1. The molecule has 0 spiro atoms. The zero-order valence-corrected chi connectivity index (χ0v) is 28.4. The predicted octanol–water partition coefficient (Wildman–Crippen LogP) is 10.3. The molecule has 248 valence electrons. The van der Waals surface area contributed by atoms with E-state index in [9.17, 15) is 14.4 Å². The normalized spacial score (nSPS) is 12.7. The topological polar surface area (TPSA) is 78.9 Å². The molecule has 0 aromatic rings. The number of unbranched alkanes of at least 4 members (excludes halogenated alkanes) is 14. The van der Waals surface area contributed by atoms with E-state index in [1.54, 1.807) is 0 Å². The molecule has 0 aromatic heterocycles. The van der Waals surface area contributed by atoms with E-state index in [2.05, 4.69) is 34.6 Å². The Morgan fingerprint density at radius 3 is 1.36 bits per heavy atom. The molecule has 0 fully saturated rings. The van der Waals surface area contributed by atoms with E-state index in [1.807, 2.05) is 0 Å². The molecule has 0 heterocycles. The molecule has 6 nitrogen and oxygen atoms in total. The van der Waals surface area contributed by atoms with Gasteiger partial charge in [0.25, 0.3) is 0 Å². The quantitative estimate of drug-likeness (QED) is 0.0466. The van der Waals surface area contributed by atoms with Crippen molar-refractivity contribution in [2.45, 2.75) is 188 Å². The fraction of sp³-hybridized carbons (Fsp3) is 0.917. The summed E-state index contributed by atoms with van der Waals surface area (Å²) in [5.41, 5.74) is 0. The number of ether oxygens (including phenoxy) is 3. The van der Waals surface area contributed by atoms with Gasteiger partial charge >= 0.3 is 17.9 Å². The van der Waals surface area contributed by atoms with Crippen LogP contribution in [0.1, 0.15) is 182 Å². The highest BCUT2D eigenvalue weighted by Crippen LogP contribution is 2.15. The highest BCUT2D eigenvalue weighted by molar-refractivity contribution is 5.71. The number of rotatable bonds is 30. The number of hydrogen-bond donors (Lipinski definition) is 0. The van der Waals surface area contributed by atoms with Gasteiger partial charge in [-0.2, -0.15) is 0 Å². The van der Waals surface area contributed by atoms with E-state index in [0.717, 1.165) is 76.0 Å². The van der Waals surface area contributed by atoms with Gasteiger partial charge in [0.1, 0.15) is 13.2 Å². The Hall–Kier alpha value is -1.59. The van der Waals surface area contributed by atoms with Crippen LogP contribution in [0, 0.1) is 11.8 Å². The van der Waals surface area contributed by atoms with E-state index in [1.165, 1.54) is 64.2 Å². The van der Waals surface area contributed by atoms with Gasteiger partial charge in [0.05, 0.1) is 0 Å². The summed E-state index contributed by atoms with van der Waals surface area (Å²) < 4.78 is 16.4. The van der Waals surface area contributed by atoms with Crippen molar-refractivity contribution in [3.05, 3.63) is 0 Å². The largest absolute Gasteiger partial charge is 0.462 e. The molecule has 0 N–H and O–H groups in total. The fourth-order valence-electron chi connectivity index (χ4n) is 4.95. The van der Waals surface area contributed by atoms with Crippen molar-refractivity contribution in [2.24, 2.45) is 11.8 Å². The third-order valence-electron chi connectivity index (χ3n) is 8.08. The lowest BCUT2D eigenvalue weighted by Gasteiger charge is -2.18. The highest BCUT2D eigenvalue weighted by atomic mass is 16.6. The molecule has 0 amide bonds. The van der Waals surface area contributed by atoms with Crippen molar-refractivity contribution in [3.8, 4) is 0 Å². The van der Waals surface area contributed by atoms with E-state index in [0.29, 0.717) is 19.3 Å². The lowest BCUT2D eigenvalue weighted by molar-refractivity contribution is -0.167. The molecule has 0 radical (unpaired) electrons.